The third-order valence-corrected chi connectivity index (χ3v) is 3.54. The molecule has 2 rings (SSSR count). The van der Waals surface area contributed by atoms with Gasteiger partial charge in [-0.15, -0.1) is 0 Å². The van der Waals surface area contributed by atoms with Gasteiger partial charge in [0.25, 0.3) is 0 Å². The molecule has 148 valence electrons. The van der Waals surface area contributed by atoms with E-state index < -0.39 is 11.7 Å². The standard InChI is InChI=1S/C19H27FN4O3/c1-5-6-7-16-22-17-10-15(8-9-24(17)23-16)26-13-14(11-20)12-21-18(25)27-19(2,3)4/h8-11H,5-7,12-13H2,1-4H3,(H,21,25)/b14-11+. The van der Waals surface area contributed by atoms with E-state index in [0.29, 0.717) is 17.7 Å². The summed E-state index contributed by atoms with van der Waals surface area (Å²) in [6.07, 6.45) is 4.53. The van der Waals surface area contributed by atoms with E-state index in [1.807, 2.05) is 0 Å². The normalized spacial score (nSPS) is 12.3. The molecule has 2 aromatic heterocycles. The lowest BCUT2D eigenvalue weighted by Crippen LogP contribution is -2.34. The number of nitrogens with zero attached hydrogens (tertiary/aromatic N) is 3. The molecular formula is C19H27FN4O3. The number of pyridine rings is 1. The SMILES string of the molecule is CCCCc1nc2cc(OC/C(=C/F)CNC(=O)OC(C)(C)C)ccn2n1. The van der Waals surface area contributed by atoms with Crippen LogP contribution >= 0.6 is 0 Å². The summed E-state index contributed by atoms with van der Waals surface area (Å²) in [5.41, 5.74) is 0.353. The summed E-state index contributed by atoms with van der Waals surface area (Å²) in [4.78, 5) is 16.1. The first-order chi connectivity index (χ1) is 12.8. The Balaban J connectivity index is 1.89. The van der Waals surface area contributed by atoms with Crippen LogP contribution in [0.4, 0.5) is 9.18 Å². The Labute approximate surface area is 158 Å². The second-order valence-corrected chi connectivity index (χ2v) is 7.21. The van der Waals surface area contributed by atoms with Crippen LogP contribution in [-0.4, -0.2) is 39.4 Å². The largest absolute Gasteiger partial charge is 0.489 e. The number of rotatable bonds is 8. The summed E-state index contributed by atoms with van der Waals surface area (Å²) >= 11 is 0. The van der Waals surface area contributed by atoms with Crippen molar-refractivity contribution < 1.29 is 18.7 Å². The Morgan fingerprint density at radius 3 is 2.85 bits per heavy atom. The van der Waals surface area contributed by atoms with Crippen LogP contribution in [-0.2, 0) is 11.2 Å². The zero-order valence-corrected chi connectivity index (χ0v) is 16.3. The molecule has 0 saturated heterocycles. The second kappa shape index (κ2) is 9.34. The van der Waals surface area contributed by atoms with E-state index in [4.69, 9.17) is 9.47 Å². The number of hydrogen-bond donors (Lipinski definition) is 1. The Kier molecular flexibility index (Phi) is 7.15. The van der Waals surface area contributed by atoms with Gasteiger partial charge in [0.15, 0.2) is 11.5 Å². The van der Waals surface area contributed by atoms with Gasteiger partial charge in [-0.1, -0.05) is 13.3 Å². The molecule has 0 bridgehead atoms. The second-order valence-electron chi connectivity index (χ2n) is 7.21. The van der Waals surface area contributed by atoms with Gasteiger partial charge in [-0.3, -0.25) is 0 Å². The Morgan fingerprint density at radius 1 is 1.41 bits per heavy atom. The number of aryl methyl sites for hydroxylation is 1. The number of carbonyl (C=O) groups is 1. The van der Waals surface area contributed by atoms with Gasteiger partial charge in [-0.25, -0.2) is 18.7 Å². The molecule has 0 unspecified atom stereocenters. The minimum absolute atomic E-state index is 0.000242. The van der Waals surface area contributed by atoms with Gasteiger partial charge in [0.2, 0.25) is 0 Å². The molecule has 0 saturated carbocycles. The molecule has 0 aromatic carbocycles. The zero-order chi connectivity index (χ0) is 19.9. The average Bonchev–Trinajstić information content (AvgIpc) is 3.00. The van der Waals surface area contributed by atoms with Gasteiger partial charge in [-0.05, 0) is 33.3 Å². The molecule has 0 spiro atoms. The van der Waals surface area contributed by atoms with Crippen molar-refractivity contribution in [1.29, 1.82) is 0 Å². The molecule has 0 atom stereocenters. The number of ether oxygens (including phenoxy) is 2. The Morgan fingerprint density at radius 2 is 2.19 bits per heavy atom. The number of alkyl carbamates (subject to hydrolysis) is 1. The summed E-state index contributed by atoms with van der Waals surface area (Å²) in [5.74, 6) is 1.34. The number of amides is 1. The van der Waals surface area contributed by atoms with Crippen LogP contribution in [0.25, 0.3) is 5.65 Å². The minimum Gasteiger partial charge on any atom is -0.489 e. The molecule has 8 heteroatoms. The maximum atomic E-state index is 13.1. The van der Waals surface area contributed by atoms with E-state index >= 15 is 0 Å². The molecule has 0 fully saturated rings. The van der Waals surface area contributed by atoms with Gasteiger partial charge < -0.3 is 14.8 Å². The van der Waals surface area contributed by atoms with Crippen molar-refractivity contribution in [3.8, 4) is 5.75 Å². The molecule has 2 heterocycles. The summed E-state index contributed by atoms with van der Waals surface area (Å²) in [5, 5.41) is 6.90. The summed E-state index contributed by atoms with van der Waals surface area (Å²) < 4.78 is 25.5. The number of carbonyl (C=O) groups excluding carboxylic acids is 1. The molecule has 7 nitrogen and oxygen atoms in total. The highest BCUT2D eigenvalue weighted by atomic mass is 19.1. The number of nitrogens with one attached hydrogen (secondary N) is 1. The van der Waals surface area contributed by atoms with Crippen molar-refractivity contribution in [3.05, 3.63) is 36.1 Å². The third kappa shape index (κ3) is 6.88. The number of unbranched alkanes of at least 4 members (excludes halogenated alkanes) is 1. The van der Waals surface area contributed by atoms with Crippen molar-refractivity contribution in [3.63, 3.8) is 0 Å². The van der Waals surface area contributed by atoms with E-state index in [1.54, 1.807) is 43.6 Å². The quantitative estimate of drug-likeness (QED) is 0.755. The third-order valence-electron chi connectivity index (χ3n) is 3.54. The van der Waals surface area contributed by atoms with Gasteiger partial charge >= 0.3 is 6.09 Å². The van der Waals surface area contributed by atoms with Crippen LogP contribution < -0.4 is 10.1 Å². The van der Waals surface area contributed by atoms with E-state index in [1.165, 1.54) is 0 Å². The lowest BCUT2D eigenvalue weighted by atomic mass is 10.2. The van der Waals surface area contributed by atoms with Crippen LogP contribution in [0.3, 0.4) is 0 Å². The topological polar surface area (TPSA) is 77.8 Å². The van der Waals surface area contributed by atoms with Crippen LogP contribution in [0.2, 0.25) is 0 Å². The highest BCUT2D eigenvalue weighted by Gasteiger charge is 2.16. The first-order valence-electron chi connectivity index (χ1n) is 9.04. The lowest BCUT2D eigenvalue weighted by Gasteiger charge is -2.20. The van der Waals surface area contributed by atoms with Crippen LogP contribution in [0.1, 0.15) is 46.4 Å². The summed E-state index contributed by atoms with van der Waals surface area (Å²) in [7, 11) is 0. The number of hydrogen-bond acceptors (Lipinski definition) is 5. The fourth-order valence-electron chi connectivity index (χ4n) is 2.24. The molecule has 0 radical (unpaired) electrons. The molecule has 0 aliphatic rings. The average molecular weight is 378 g/mol. The first kappa shape index (κ1) is 20.7. The van der Waals surface area contributed by atoms with Crippen LogP contribution in [0, 0.1) is 0 Å². The van der Waals surface area contributed by atoms with Crippen molar-refractivity contribution in [2.24, 2.45) is 0 Å². The van der Waals surface area contributed by atoms with Crippen molar-refractivity contribution in [1.82, 2.24) is 19.9 Å². The number of aromatic nitrogens is 3. The summed E-state index contributed by atoms with van der Waals surface area (Å²) in [6, 6.07) is 3.49. The predicted octanol–water partition coefficient (Wildman–Crippen LogP) is 3.83. The molecule has 1 N–H and O–H groups in total. The van der Waals surface area contributed by atoms with Crippen LogP contribution in [0.5, 0.6) is 5.75 Å². The zero-order valence-electron chi connectivity index (χ0n) is 16.3. The van der Waals surface area contributed by atoms with Crippen molar-refractivity contribution in [2.75, 3.05) is 13.2 Å². The highest BCUT2D eigenvalue weighted by molar-refractivity contribution is 5.68. The van der Waals surface area contributed by atoms with Gasteiger partial charge in [0, 0.05) is 30.8 Å². The molecule has 27 heavy (non-hydrogen) atoms. The Hall–Kier alpha value is -2.64. The molecular weight excluding hydrogens is 351 g/mol. The van der Waals surface area contributed by atoms with Gasteiger partial charge in [0.1, 0.15) is 18.0 Å². The maximum Gasteiger partial charge on any atom is 0.407 e. The maximum absolute atomic E-state index is 13.1. The predicted molar refractivity (Wildman–Crippen MR) is 101 cm³/mol. The monoisotopic (exact) mass is 378 g/mol. The van der Waals surface area contributed by atoms with Crippen molar-refractivity contribution in [2.45, 2.75) is 52.6 Å². The van der Waals surface area contributed by atoms with Gasteiger partial charge in [-0.2, -0.15) is 5.10 Å². The summed E-state index contributed by atoms with van der Waals surface area (Å²) in [6.45, 7) is 7.40. The van der Waals surface area contributed by atoms with E-state index in [2.05, 4.69) is 22.3 Å². The smallest absolute Gasteiger partial charge is 0.407 e. The van der Waals surface area contributed by atoms with E-state index in [9.17, 15) is 9.18 Å². The highest BCUT2D eigenvalue weighted by Crippen LogP contribution is 2.15. The van der Waals surface area contributed by atoms with Gasteiger partial charge in [0.05, 0.1) is 6.33 Å². The molecule has 0 aliphatic heterocycles. The minimum atomic E-state index is -0.607. The molecule has 0 aliphatic carbocycles. The molecule has 2 aromatic rings. The Bertz CT molecular complexity index is 796. The van der Waals surface area contributed by atoms with Crippen molar-refractivity contribution >= 4 is 11.7 Å². The van der Waals surface area contributed by atoms with E-state index in [-0.39, 0.29) is 18.7 Å². The fraction of sp³-hybridized carbons (Fsp3) is 0.526. The van der Waals surface area contributed by atoms with E-state index in [0.717, 1.165) is 25.1 Å². The molecule has 1 amide bonds. The number of halogens is 1. The lowest BCUT2D eigenvalue weighted by molar-refractivity contribution is 0.0531. The first-order valence-corrected chi connectivity index (χ1v) is 9.04. The van der Waals surface area contributed by atoms with Crippen LogP contribution in [0.15, 0.2) is 30.2 Å². The number of fused-ring (bicyclic) bond motifs is 1. The fourth-order valence-corrected chi connectivity index (χ4v) is 2.24.